The van der Waals surface area contributed by atoms with E-state index in [0.29, 0.717) is 6.54 Å². The van der Waals surface area contributed by atoms with E-state index in [1.807, 2.05) is 30.3 Å². The summed E-state index contributed by atoms with van der Waals surface area (Å²) in [5.74, 6) is 0.700. The Balaban J connectivity index is 1.76. The molecule has 0 saturated carbocycles. The zero-order valence-electron chi connectivity index (χ0n) is 14.4. The molecule has 3 aromatic rings. The summed E-state index contributed by atoms with van der Waals surface area (Å²) in [6, 6.07) is 15.8. The largest absolute Gasteiger partial charge is 0.350 e. The molecule has 6 heteroatoms. The zero-order valence-corrected chi connectivity index (χ0v) is 14.4. The van der Waals surface area contributed by atoms with Crippen LogP contribution in [0.1, 0.15) is 30.1 Å². The molecule has 5 nitrogen and oxygen atoms in total. The summed E-state index contributed by atoms with van der Waals surface area (Å²) in [6.07, 6.45) is 2.07. The van der Waals surface area contributed by atoms with Crippen LogP contribution in [0.15, 0.2) is 59.4 Å². The van der Waals surface area contributed by atoms with Gasteiger partial charge in [-0.05, 0) is 49.2 Å². The first kappa shape index (κ1) is 16.7. The number of piperidine rings is 1. The second kappa shape index (κ2) is 7.25. The summed E-state index contributed by atoms with van der Waals surface area (Å²) >= 11 is 0. The third-order valence-corrected chi connectivity index (χ3v) is 4.79. The van der Waals surface area contributed by atoms with Crippen molar-refractivity contribution < 1.29 is 4.39 Å². The summed E-state index contributed by atoms with van der Waals surface area (Å²) in [4.78, 5) is 13.1. The van der Waals surface area contributed by atoms with E-state index in [0.717, 1.165) is 43.0 Å². The summed E-state index contributed by atoms with van der Waals surface area (Å²) in [7, 11) is 0. The molecule has 0 radical (unpaired) electrons. The molecule has 1 aliphatic rings. The number of hydrogen-bond acceptors (Lipinski definition) is 3. The van der Waals surface area contributed by atoms with E-state index in [-0.39, 0.29) is 17.4 Å². The molecule has 0 spiro atoms. The van der Waals surface area contributed by atoms with E-state index in [9.17, 15) is 9.18 Å². The molecule has 134 valence electrons. The van der Waals surface area contributed by atoms with E-state index in [1.54, 1.807) is 16.7 Å². The van der Waals surface area contributed by atoms with Crippen LogP contribution in [0.5, 0.6) is 0 Å². The molecule has 1 aromatic heterocycles. The molecule has 0 aliphatic carbocycles. The topological polar surface area (TPSA) is 51.9 Å². The Bertz CT molecular complexity index is 925. The fourth-order valence-electron chi connectivity index (χ4n) is 3.45. The number of aromatic nitrogens is 3. The SMILES string of the molecule is O=c1n(Cc2ccc(F)cc2)nc(C2CCCNC2)n1-c1ccccc1. The lowest BCUT2D eigenvalue weighted by atomic mass is 9.99. The van der Waals surface area contributed by atoms with Gasteiger partial charge in [0.05, 0.1) is 12.2 Å². The van der Waals surface area contributed by atoms with Gasteiger partial charge in [0.2, 0.25) is 0 Å². The first-order chi connectivity index (χ1) is 12.7. The van der Waals surface area contributed by atoms with Crippen molar-refractivity contribution in [2.24, 2.45) is 0 Å². The van der Waals surface area contributed by atoms with Gasteiger partial charge in [-0.1, -0.05) is 30.3 Å². The van der Waals surface area contributed by atoms with Gasteiger partial charge in [-0.25, -0.2) is 18.4 Å². The average molecular weight is 352 g/mol. The number of nitrogens with zero attached hydrogens (tertiary/aromatic N) is 3. The van der Waals surface area contributed by atoms with Crippen LogP contribution in [0.25, 0.3) is 5.69 Å². The number of para-hydroxylation sites is 1. The highest BCUT2D eigenvalue weighted by Gasteiger charge is 2.24. The van der Waals surface area contributed by atoms with Crippen molar-refractivity contribution in [1.29, 1.82) is 0 Å². The van der Waals surface area contributed by atoms with Gasteiger partial charge in [0, 0.05) is 12.5 Å². The van der Waals surface area contributed by atoms with Gasteiger partial charge < -0.3 is 5.32 Å². The minimum atomic E-state index is -0.287. The molecule has 1 unspecified atom stereocenters. The Morgan fingerprint density at radius 2 is 1.88 bits per heavy atom. The highest BCUT2D eigenvalue weighted by molar-refractivity contribution is 5.33. The molecule has 1 aliphatic heterocycles. The van der Waals surface area contributed by atoms with Crippen LogP contribution in [-0.2, 0) is 6.54 Å². The Morgan fingerprint density at radius 3 is 2.58 bits per heavy atom. The Hall–Kier alpha value is -2.73. The molecular weight excluding hydrogens is 331 g/mol. The van der Waals surface area contributed by atoms with Crippen LogP contribution in [0.4, 0.5) is 4.39 Å². The quantitative estimate of drug-likeness (QED) is 0.785. The monoisotopic (exact) mass is 352 g/mol. The second-order valence-electron chi connectivity index (χ2n) is 6.64. The van der Waals surface area contributed by atoms with E-state index < -0.39 is 0 Å². The van der Waals surface area contributed by atoms with Crippen LogP contribution in [0.3, 0.4) is 0 Å². The number of nitrogens with one attached hydrogen (secondary N) is 1. The number of rotatable bonds is 4. The summed E-state index contributed by atoms with van der Waals surface area (Å²) in [5, 5.41) is 8.05. The first-order valence-electron chi connectivity index (χ1n) is 8.93. The minimum Gasteiger partial charge on any atom is -0.316 e. The third-order valence-electron chi connectivity index (χ3n) is 4.79. The van der Waals surface area contributed by atoms with Gasteiger partial charge in [-0.2, -0.15) is 5.10 Å². The van der Waals surface area contributed by atoms with Crippen LogP contribution in [0.2, 0.25) is 0 Å². The molecule has 1 fully saturated rings. The molecule has 2 heterocycles. The Morgan fingerprint density at radius 1 is 1.12 bits per heavy atom. The van der Waals surface area contributed by atoms with Crippen LogP contribution in [0, 0.1) is 5.82 Å². The lowest BCUT2D eigenvalue weighted by molar-refractivity contribution is 0.439. The highest BCUT2D eigenvalue weighted by Crippen LogP contribution is 2.23. The maximum Gasteiger partial charge on any atom is 0.350 e. The van der Waals surface area contributed by atoms with Crippen LogP contribution in [-0.4, -0.2) is 27.4 Å². The summed E-state index contributed by atoms with van der Waals surface area (Å²) < 4.78 is 16.3. The molecule has 26 heavy (non-hydrogen) atoms. The summed E-state index contributed by atoms with van der Waals surface area (Å²) in [5.41, 5.74) is 1.50. The fourth-order valence-corrected chi connectivity index (χ4v) is 3.45. The van der Waals surface area contributed by atoms with Crippen molar-refractivity contribution >= 4 is 0 Å². The number of halogens is 1. The predicted octanol–water partition coefficient (Wildman–Crippen LogP) is 2.69. The molecule has 2 aromatic carbocycles. The maximum absolute atomic E-state index is 13.1. The van der Waals surface area contributed by atoms with Gasteiger partial charge in [0.25, 0.3) is 0 Å². The molecular formula is C20H21FN4O. The minimum absolute atomic E-state index is 0.166. The maximum atomic E-state index is 13.1. The molecule has 1 atom stereocenters. The van der Waals surface area contributed by atoms with E-state index in [4.69, 9.17) is 0 Å². The number of hydrogen-bond donors (Lipinski definition) is 1. The van der Waals surface area contributed by atoms with Gasteiger partial charge >= 0.3 is 5.69 Å². The third kappa shape index (κ3) is 3.32. The lowest BCUT2D eigenvalue weighted by Gasteiger charge is -2.22. The van der Waals surface area contributed by atoms with E-state index >= 15 is 0 Å². The summed E-state index contributed by atoms with van der Waals surface area (Å²) in [6.45, 7) is 2.15. The van der Waals surface area contributed by atoms with Crippen molar-refractivity contribution in [3.63, 3.8) is 0 Å². The molecule has 1 saturated heterocycles. The van der Waals surface area contributed by atoms with Crippen molar-refractivity contribution in [2.75, 3.05) is 13.1 Å². The lowest BCUT2D eigenvalue weighted by Crippen LogP contribution is -2.31. The normalized spacial score (nSPS) is 17.3. The van der Waals surface area contributed by atoms with Gasteiger partial charge in [-0.3, -0.25) is 0 Å². The molecule has 0 bridgehead atoms. The Kier molecular flexibility index (Phi) is 4.67. The average Bonchev–Trinajstić information content (AvgIpc) is 3.01. The predicted molar refractivity (Wildman–Crippen MR) is 98.2 cm³/mol. The molecule has 4 rings (SSSR count). The van der Waals surface area contributed by atoms with Crippen molar-refractivity contribution in [3.05, 3.63) is 82.3 Å². The van der Waals surface area contributed by atoms with Gasteiger partial charge in [0.15, 0.2) is 0 Å². The highest BCUT2D eigenvalue weighted by atomic mass is 19.1. The van der Waals surface area contributed by atoms with E-state index in [1.165, 1.54) is 16.8 Å². The molecule has 0 amide bonds. The fraction of sp³-hybridized carbons (Fsp3) is 0.300. The van der Waals surface area contributed by atoms with Crippen molar-refractivity contribution in [3.8, 4) is 5.69 Å². The standard InChI is InChI=1S/C20H21FN4O/c21-17-10-8-15(9-11-17)14-24-20(26)25(18-6-2-1-3-7-18)19(23-24)16-5-4-12-22-13-16/h1-3,6-11,16,22H,4-5,12-14H2. The molecule has 1 N–H and O–H groups in total. The van der Waals surface area contributed by atoms with Crippen LogP contribution >= 0.6 is 0 Å². The Labute approximate surface area is 151 Å². The second-order valence-corrected chi connectivity index (χ2v) is 6.64. The van der Waals surface area contributed by atoms with Gasteiger partial charge in [0.1, 0.15) is 11.6 Å². The van der Waals surface area contributed by atoms with Gasteiger partial charge in [-0.15, -0.1) is 0 Å². The smallest absolute Gasteiger partial charge is 0.316 e. The van der Waals surface area contributed by atoms with E-state index in [2.05, 4.69) is 10.4 Å². The van der Waals surface area contributed by atoms with Crippen molar-refractivity contribution in [1.82, 2.24) is 19.7 Å². The number of benzene rings is 2. The van der Waals surface area contributed by atoms with Crippen molar-refractivity contribution in [2.45, 2.75) is 25.3 Å². The zero-order chi connectivity index (χ0) is 17.9. The van der Waals surface area contributed by atoms with Crippen LogP contribution < -0.4 is 11.0 Å². The first-order valence-corrected chi connectivity index (χ1v) is 8.93.